The summed E-state index contributed by atoms with van der Waals surface area (Å²) in [6, 6.07) is 19.5. The van der Waals surface area contributed by atoms with Crippen LogP contribution >= 0.6 is 0 Å². The van der Waals surface area contributed by atoms with Crippen LogP contribution in [0.1, 0.15) is 18.5 Å². The molecule has 2 atom stereocenters. The van der Waals surface area contributed by atoms with E-state index >= 15 is 0 Å². The zero-order chi connectivity index (χ0) is 25.1. The van der Waals surface area contributed by atoms with E-state index in [1.807, 2.05) is 37.3 Å². The highest BCUT2D eigenvalue weighted by Gasteiger charge is 2.17. The fourth-order valence-electron chi connectivity index (χ4n) is 3.67. The number of hydrogen-bond acceptors (Lipinski definition) is 7. The number of nitrogens with zero attached hydrogens (tertiary/aromatic N) is 6. The molecule has 1 unspecified atom stereocenters. The van der Waals surface area contributed by atoms with E-state index < -0.39 is 10.8 Å². The Kier molecular flexibility index (Phi) is 6.59. The Bertz CT molecular complexity index is 1520. The first-order valence-corrected chi connectivity index (χ1v) is 12.7. The van der Waals surface area contributed by atoms with Crippen LogP contribution in [0.5, 0.6) is 0 Å². The highest BCUT2D eigenvalue weighted by Crippen LogP contribution is 2.27. The lowest BCUT2D eigenvalue weighted by Crippen LogP contribution is -2.10. The zero-order valence-electron chi connectivity index (χ0n) is 19.5. The summed E-state index contributed by atoms with van der Waals surface area (Å²) in [7, 11) is -1.34. The summed E-state index contributed by atoms with van der Waals surface area (Å²) in [5, 5.41) is 3.55. The maximum absolute atomic E-state index is 13.6. The molecule has 0 radical (unpaired) electrons. The second-order valence-corrected chi connectivity index (χ2v) is 9.29. The van der Waals surface area contributed by atoms with Gasteiger partial charge in [-0.25, -0.2) is 24.3 Å². The standard InChI is InChI=1S/C26H22FN7OS/c1-17(18-6-4-3-5-7-18)30-25-28-15-13-23(33-25)34-16-22(21-12-14-29-26(32-21)36(2)35)31-24(34)19-8-10-20(27)11-9-19/h3-17H,1-2H3,(H,28,30,33)/t17-,36?/m0/s1. The maximum Gasteiger partial charge on any atom is 0.225 e. The molecule has 0 fully saturated rings. The average Bonchev–Trinajstić information content (AvgIpc) is 3.35. The van der Waals surface area contributed by atoms with Crippen LogP contribution in [-0.4, -0.2) is 40.0 Å². The molecule has 5 aromatic rings. The molecule has 0 saturated heterocycles. The van der Waals surface area contributed by atoms with E-state index in [2.05, 4.69) is 20.3 Å². The summed E-state index contributed by atoms with van der Waals surface area (Å²) in [4.78, 5) is 22.3. The van der Waals surface area contributed by atoms with E-state index in [1.54, 1.807) is 47.4 Å². The molecule has 0 bridgehead atoms. The molecule has 0 aliphatic rings. The SMILES string of the molecule is C[C@H](Nc1nccc(-n2cc(-c3ccnc(S(C)=O)n3)nc2-c2ccc(F)cc2)n1)c1ccccc1. The van der Waals surface area contributed by atoms with E-state index in [-0.39, 0.29) is 17.0 Å². The van der Waals surface area contributed by atoms with E-state index in [9.17, 15) is 8.60 Å². The van der Waals surface area contributed by atoms with Crippen molar-refractivity contribution in [3.8, 4) is 28.6 Å². The Morgan fingerprint density at radius 2 is 1.64 bits per heavy atom. The van der Waals surface area contributed by atoms with Crippen LogP contribution in [0.4, 0.5) is 10.3 Å². The molecule has 180 valence electrons. The van der Waals surface area contributed by atoms with Crippen LogP contribution in [0.3, 0.4) is 0 Å². The van der Waals surface area contributed by atoms with Crippen molar-refractivity contribution in [1.29, 1.82) is 0 Å². The van der Waals surface area contributed by atoms with Gasteiger partial charge in [0.15, 0.2) is 0 Å². The molecule has 8 nitrogen and oxygen atoms in total. The summed E-state index contributed by atoms with van der Waals surface area (Å²) >= 11 is 0. The van der Waals surface area contributed by atoms with Crippen molar-refractivity contribution in [2.75, 3.05) is 11.6 Å². The fraction of sp³-hybridized carbons (Fsp3) is 0.115. The van der Waals surface area contributed by atoms with Crippen molar-refractivity contribution in [2.24, 2.45) is 0 Å². The second-order valence-electron chi connectivity index (χ2n) is 8.02. The molecule has 0 amide bonds. The molecule has 3 aromatic heterocycles. The van der Waals surface area contributed by atoms with Crippen molar-refractivity contribution in [2.45, 2.75) is 18.1 Å². The first-order valence-electron chi connectivity index (χ1n) is 11.1. The Morgan fingerprint density at radius 1 is 0.889 bits per heavy atom. The third-order valence-corrected chi connectivity index (χ3v) is 6.21. The lowest BCUT2D eigenvalue weighted by Gasteiger charge is -2.15. The predicted octanol–water partition coefficient (Wildman–Crippen LogP) is 4.84. The Hall–Kier alpha value is -4.31. The summed E-state index contributed by atoms with van der Waals surface area (Å²) < 4.78 is 27.3. The van der Waals surface area contributed by atoms with Gasteiger partial charge in [0, 0.05) is 30.4 Å². The molecule has 0 aliphatic carbocycles. The molecule has 0 saturated carbocycles. The average molecular weight is 500 g/mol. The monoisotopic (exact) mass is 499 g/mol. The van der Waals surface area contributed by atoms with E-state index in [0.717, 1.165) is 5.56 Å². The molecule has 10 heteroatoms. The van der Waals surface area contributed by atoms with E-state index in [1.165, 1.54) is 18.4 Å². The van der Waals surface area contributed by atoms with E-state index in [0.29, 0.717) is 34.5 Å². The number of anilines is 1. The number of aromatic nitrogens is 6. The number of imidazole rings is 1. The Morgan fingerprint density at radius 3 is 2.39 bits per heavy atom. The minimum atomic E-state index is -1.34. The van der Waals surface area contributed by atoms with Gasteiger partial charge < -0.3 is 5.32 Å². The number of benzene rings is 2. The number of nitrogens with one attached hydrogen (secondary N) is 1. The highest BCUT2D eigenvalue weighted by molar-refractivity contribution is 7.84. The highest BCUT2D eigenvalue weighted by atomic mass is 32.2. The Labute approximate surface area is 209 Å². The minimum absolute atomic E-state index is 0.00859. The van der Waals surface area contributed by atoms with Gasteiger partial charge in [0.2, 0.25) is 11.1 Å². The summed E-state index contributed by atoms with van der Waals surface area (Å²) in [5.41, 5.74) is 2.86. The Balaban J connectivity index is 1.57. The van der Waals surface area contributed by atoms with Gasteiger partial charge in [0.05, 0.1) is 22.5 Å². The van der Waals surface area contributed by atoms with Crippen LogP contribution < -0.4 is 5.32 Å². The van der Waals surface area contributed by atoms with Gasteiger partial charge in [-0.3, -0.25) is 8.78 Å². The summed E-state index contributed by atoms with van der Waals surface area (Å²) in [6.07, 6.45) is 6.52. The summed E-state index contributed by atoms with van der Waals surface area (Å²) in [5.74, 6) is 1.23. The molecule has 0 spiro atoms. The van der Waals surface area contributed by atoms with Crippen LogP contribution in [0.15, 0.2) is 90.5 Å². The van der Waals surface area contributed by atoms with Crippen LogP contribution in [0.25, 0.3) is 28.6 Å². The smallest absolute Gasteiger partial charge is 0.225 e. The third kappa shape index (κ3) is 5.03. The van der Waals surface area contributed by atoms with Gasteiger partial charge in [-0.1, -0.05) is 30.3 Å². The van der Waals surface area contributed by atoms with Crippen molar-refractivity contribution < 1.29 is 8.60 Å². The molecule has 1 N–H and O–H groups in total. The second kappa shape index (κ2) is 10.1. The van der Waals surface area contributed by atoms with Crippen molar-refractivity contribution in [1.82, 2.24) is 29.5 Å². The van der Waals surface area contributed by atoms with Crippen molar-refractivity contribution in [3.05, 3.63) is 96.7 Å². The van der Waals surface area contributed by atoms with Gasteiger partial charge in [0.1, 0.15) is 23.2 Å². The number of hydrogen-bond donors (Lipinski definition) is 1. The number of rotatable bonds is 7. The molecule has 0 aliphatic heterocycles. The number of halogens is 1. The molecular weight excluding hydrogens is 477 g/mol. The van der Waals surface area contributed by atoms with E-state index in [4.69, 9.17) is 9.97 Å². The first kappa shape index (κ1) is 23.4. The van der Waals surface area contributed by atoms with Crippen LogP contribution in [-0.2, 0) is 10.8 Å². The maximum atomic E-state index is 13.6. The van der Waals surface area contributed by atoms with Gasteiger partial charge in [-0.05, 0) is 48.9 Å². The van der Waals surface area contributed by atoms with Gasteiger partial charge in [-0.2, -0.15) is 4.98 Å². The van der Waals surface area contributed by atoms with Crippen molar-refractivity contribution in [3.63, 3.8) is 0 Å². The van der Waals surface area contributed by atoms with Crippen molar-refractivity contribution >= 4 is 16.7 Å². The molecular formula is C26H22FN7OS. The summed E-state index contributed by atoms with van der Waals surface area (Å²) in [6.45, 7) is 2.04. The predicted molar refractivity (Wildman–Crippen MR) is 136 cm³/mol. The largest absolute Gasteiger partial charge is 0.348 e. The topological polar surface area (TPSA) is 98.5 Å². The van der Waals surface area contributed by atoms with Gasteiger partial charge in [0.25, 0.3) is 0 Å². The normalized spacial score (nSPS) is 12.8. The van der Waals surface area contributed by atoms with Gasteiger partial charge in [-0.15, -0.1) is 0 Å². The lowest BCUT2D eigenvalue weighted by atomic mass is 10.1. The molecule has 3 heterocycles. The molecule has 5 rings (SSSR count). The molecule has 36 heavy (non-hydrogen) atoms. The third-order valence-electron chi connectivity index (χ3n) is 5.49. The van der Waals surface area contributed by atoms with Gasteiger partial charge >= 0.3 is 0 Å². The first-order chi connectivity index (χ1) is 17.5. The van der Waals surface area contributed by atoms with Crippen LogP contribution in [0, 0.1) is 5.82 Å². The lowest BCUT2D eigenvalue weighted by molar-refractivity contribution is 0.628. The molecule has 2 aromatic carbocycles. The quantitative estimate of drug-likeness (QED) is 0.320. The van der Waals surface area contributed by atoms with Crippen LogP contribution in [0.2, 0.25) is 0 Å². The fourth-order valence-corrected chi connectivity index (χ4v) is 4.11. The zero-order valence-corrected chi connectivity index (χ0v) is 20.4. The minimum Gasteiger partial charge on any atom is -0.348 e.